The lowest BCUT2D eigenvalue weighted by atomic mass is 10.2. The van der Waals surface area contributed by atoms with E-state index in [0.29, 0.717) is 0 Å². The second-order valence-corrected chi connectivity index (χ2v) is 2.88. The Bertz CT molecular complexity index is 426. The quantitative estimate of drug-likeness (QED) is 0.598. The average molecular weight is 213 g/mol. The lowest BCUT2D eigenvalue weighted by Gasteiger charge is -2.04. The number of anilines is 1. The Balaban J connectivity index is 3.10. The van der Waals surface area contributed by atoms with Crippen LogP contribution in [0.25, 0.3) is 0 Å². The minimum absolute atomic E-state index is 0.0395. The number of carboxylic acid groups (broad SMARTS) is 1. The summed E-state index contributed by atoms with van der Waals surface area (Å²) in [5.41, 5.74) is 4.87. The molecule has 0 saturated carbocycles. The maximum absolute atomic E-state index is 11.4. The molecular formula is C8H11N3O4. The molecule has 0 bridgehead atoms. The van der Waals surface area contributed by atoms with E-state index in [1.54, 1.807) is 0 Å². The van der Waals surface area contributed by atoms with E-state index in [0.717, 1.165) is 0 Å². The predicted octanol–water partition coefficient (Wildman–Crippen LogP) is -0.874. The second-order valence-electron chi connectivity index (χ2n) is 2.88. The zero-order valence-corrected chi connectivity index (χ0v) is 8.11. The number of aromatic nitrogens is 2. The number of aliphatic carboxylic acids is 1. The van der Waals surface area contributed by atoms with Crippen LogP contribution in [0.1, 0.15) is 11.4 Å². The number of H-pyrrole nitrogens is 1. The third-order valence-corrected chi connectivity index (χ3v) is 1.71. The van der Waals surface area contributed by atoms with Crippen LogP contribution in [0.15, 0.2) is 4.79 Å². The van der Waals surface area contributed by atoms with Crippen molar-refractivity contribution in [1.82, 2.24) is 9.97 Å². The third-order valence-electron chi connectivity index (χ3n) is 1.71. The van der Waals surface area contributed by atoms with Crippen molar-refractivity contribution in [3.05, 3.63) is 21.7 Å². The summed E-state index contributed by atoms with van der Waals surface area (Å²) in [5, 5.41) is 8.53. The highest BCUT2D eigenvalue weighted by Gasteiger charge is 2.12. The highest BCUT2D eigenvalue weighted by atomic mass is 16.5. The molecule has 0 aromatic carbocycles. The summed E-state index contributed by atoms with van der Waals surface area (Å²) in [6, 6.07) is 0. The molecule has 0 saturated heterocycles. The van der Waals surface area contributed by atoms with E-state index < -0.39 is 17.9 Å². The number of carbonyl (C=O) groups is 1. The number of methoxy groups -OCH3 is 1. The van der Waals surface area contributed by atoms with Crippen LogP contribution in [0.2, 0.25) is 0 Å². The summed E-state index contributed by atoms with van der Waals surface area (Å²) in [6.07, 6.45) is -0.443. The van der Waals surface area contributed by atoms with Gasteiger partial charge < -0.3 is 20.6 Å². The molecule has 7 nitrogen and oxygen atoms in total. The largest absolute Gasteiger partial charge is 0.481 e. The van der Waals surface area contributed by atoms with Gasteiger partial charge in [-0.25, -0.2) is 4.98 Å². The molecule has 0 amide bonds. The molecule has 82 valence electrons. The second kappa shape index (κ2) is 4.56. The zero-order chi connectivity index (χ0) is 11.4. The van der Waals surface area contributed by atoms with Crippen molar-refractivity contribution in [3.63, 3.8) is 0 Å². The van der Waals surface area contributed by atoms with Crippen molar-refractivity contribution < 1.29 is 14.6 Å². The van der Waals surface area contributed by atoms with Crippen LogP contribution in [-0.2, 0) is 22.6 Å². The first-order chi connectivity index (χ1) is 7.04. The maximum Gasteiger partial charge on any atom is 0.308 e. The predicted molar refractivity (Wildman–Crippen MR) is 51.3 cm³/mol. The number of rotatable bonds is 4. The molecule has 7 heteroatoms. The molecule has 15 heavy (non-hydrogen) atoms. The van der Waals surface area contributed by atoms with Gasteiger partial charge in [0.25, 0.3) is 5.56 Å². The lowest BCUT2D eigenvalue weighted by molar-refractivity contribution is -0.136. The van der Waals surface area contributed by atoms with E-state index >= 15 is 0 Å². The van der Waals surface area contributed by atoms with Crippen molar-refractivity contribution in [2.24, 2.45) is 0 Å². The van der Waals surface area contributed by atoms with Crippen LogP contribution < -0.4 is 11.3 Å². The molecule has 1 aromatic rings. The van der Waals surface area contributed by atoms with Crippen LogP contribution in [0, 0.1) is 0 Å². The summed E-state index contributed by atoms with van der Waals surface area (Å²) in [6.45, 7) is 0.118. The molecule has 0 aliphatic heterocycles. The van der Waals surface area contributed by atoms with E-state index in [4.69, 9.17) is 15.6 Å². The van der Waals surface area contributed by atoms with Gasteiger partial charge >= 0.3 is 5.97 Å². The Labute approximate surface area is 84.9 Å². The van der Waals surface area contributed by atoms with Gasteiger partial charge in [0.15, 0.2) is 0 Å². The van der Waals surface area contributed by atoms with E-state index in [-0.39, 0.29) is 23.8 Å². The smallest absolute Gasteiger partial charge is 0.308 e. The van der Waals surface area contributed by atoms with Crippen molar-refractivity contribution in [3.8, 4) is 0 Å². The highest BCUT2D eigenvalue weighted by Crippen LogP contribution is 2.04. The molecule has 4 N–H and O–H groups in total. The van der Waals surface area contributed by atoms with Gasteiger partial charge in [-0.3, -0.25) is 9.59 Å². The fourth-order valence-corrected chi connectivity index (χ4v) is 1.09. The van der Waals surface area contributed by atoms with Gasteiger partial charge in [0.1, 0.15) is 18.2 Å². The standard InChI is InChI=1S/C8H11N3O4/c1-15-3-5-10-7(9)4(2-6(12)13)8(14)11-5/h2-3H2,1H3,(H,12,13)(H3,9,10,11,14). The van der Waals surface area contributed by atoms with E-state index in [9.17, 15) is 9.59 Å². The fraction of sp³-hybridized carbons (Fsp3) is 0.375. The molecule has 0 radical (unpaired) electrons. The molecular weight excluding hydrogens is 202 g/mol. The number of nitrogens with one attached hydrogen (secondary N) is 1. The lowest BCUT2D eigenvalue weighted by Crippen LogP contribution is -2.22. The minimum Gasteiger partial charge on any atom is -0.481 e. The van der Waals surface area contributed by atoms with E-state index in [1.165, 1.54) is 7.11 Å². The maximum atomic E-state index is 11.4. The monoisotopic (exact) mass is 213 g/mol. The van der Waals surface area contributed by atoms with Crippen molar-refractivity contribution in [2.75, 3.05) is 12.8 Å². The Hall–Kier alpha value is -1.89. The number of nitrogen functional groups attached to an aromatic ring is 1. The number of carboxylic acids is 1. The Morgan fingerprint density at radius 2 is 2.33 bits per heavy atom. The number of nitrogens with two attached hydrogens (primary N) is 1. The van der Waals surface area contributed by atoms with Crippen LogP contribution in [0.3, 0.4) is 0 Å². The van der Waals surface area contributed by atoms with Crippen LogP contribution >= 0.6 is 0 Å². The Morgan fingerprint density at radius 3 is 2.80 bits per heavy atom. The first kappa shape index (κ1) is 11.2. The van der Waals surface area contributed by atoms with Crippen LogP contribution in [0.4, 0.5) is 5.82 Å². The first-order valence-corrected chi connectivity index (χ1v) is 4.13. The first-order valence-electron chi connectivity index (χ1n) is 4.13. The zero-order valence-electron chi connectivity index (χ0n) is 8.11. The number of ether oxygens (including phenoxy) is 1. The van der Waals surface area contributed by atoms with Gasteiger partial charge in [-0.15, -0.1) is 0 Å². The van der Waals surface area contributed by atoms with Crippen molar-refractivity contribution in [1.29, 1.82) is 0 Å². The van der Waals surface area contributed by atoms with E-state index in [1.807, 2.05) is 0 Å². The number of hydrogen-bond donors (Lipinski definition) is 3. The average Bonchev–Trinajstić information content (AvgIpc) is 2.11. The number of aromatic amines is 1. The Kier molecular flexibility index (Phi) is 3.40. The van der Waals surface area contributed by atoms with Crippen molar-refractivity contribution >= 4 is 11.8 Å². The summed E-state index contributed by atoms with van der Waals surface area (Å²) in [5.74, 6) is -0.934. The Morgan fingerprint density at radius 1 is 1.67 bits per heavy atom. The molecule has 0 spiro atoms. The van der Waals surface area contributed by atoms with E-state index in [2.05, 4.69) is 9.97 Å². The normalized spacial score (nSPS) is 10.2. The topological polar surface area (TPSA) is 118 Å². The summed E-state index contributed by atoms with van der Waals surface area (Å²) < 4.78 is 4.75. The number of hydrogen-bond acceptors (Lipinski definition) is 5. The van der Waals surface area contributed by atoms with Gasteiger partial charge in [-0.1, -0.05) is 0 Å². The van der Waals surface area contributed by atoms with Gasteiger partial charge in [-0.05, 0) is 0 Å². The summed E-state index contributed by atoms with van der Waals surface area (Å²) in [7, 11) is 1.45. The fourth-order valence-electron chi connectivity index (χ4n) is 1.09. The van der Waals surface area contributed by atoms with Gasteiger partial charge in [-0.2, -0.15) is 0 Å². The van der Waals surface area contributed by atoms with Gasteiger partial charge in [0.2, 0.25) is 0 Å². The number of nitrogens with zero attached hydrogens (tertiary/aromatic N) is 1. The third kappa shape index (κ3) is 2.78. The minimum atomic E-state index is -1.13. The highest BCUT2D eigenvalue weighted by molar-refractivity contribution is 5.71. The summed E-state index contributed by atoms with van der Waals surface area (Å²) >= 11 is 0. The van der Waals surface area contributed by atoms with Crippen LogP contribution in [0.5, 0.6) is 0 Å². The van der Waals surface area contributed by atoms with Gasteiger partial charge in [0.05, 0.1) is 12.0 Å². The molecule has 1 rings (SSSR count). The van der Waals surface area contributed by atoms with Gasteiger partial charge in [0, 0.05) is 7.11 Å². The molecule has 0 fully saturated rings. The molecule has 0 unspecified atom stereocenters. The van der Waals surface area contributed by atoms with Crippen LogP contribution in [-0.4, -0.2) is 28.2 Å². The summed E-state index contributed by atoms with van der Waals surface area (Å²) in [4.78, 5) is 28.0. The van der Waals surface area contributed by atoms with Crippen molar-refractivity contribution in [2.45, 2.75) is 13.0 Å². The molecule has 0 aliphatic carbocycles. The molecule has 0 aliphatic rings. The molecule has 1 heterocycles. The molecule has 1 aromatic heterocycles. The molecule has 0 atom stereocenters. The SMILES string of the molecule is COCc1nc(N)c(CC(=O)O)c(=O)[nH]1.